The molecule has 21 heavy (non-hydrogen) atoms. The third kappa shape index (κ3) is 3.96. The fraction of sp³-hybridized carbons (Fsp3) is 0.538. The van der Waals surface area contributed by atoms with Gasteiger partial charge in [0.2, 0.25) is 0 Å². The Kier molecular flexibility index (Phi) is 5.23. The maximum Gasteiger partial charge on any atom is 0.337 e. The Morgan fingerprint density at radius 1 is 1.38 bits per heavy atom. The number of nitrogens with zero attached hydrogens (tertiary/aromatic N) is 1. The molecule has 1 heterocycles. The van der Waals surface area contributed by atoms with Gasteiger partial charge in [-0.1, -0.05) is 12.8 Å². The maximum absolute atomic E-state index is 12.3. The summed E-state index contributed by atoms with van der Waals surface area (Å²) in [5.41, 5.74) is -0.0337. The molecule has 2 N–H and O–H groups in total. The number of hydrogen-bond acceptors (Lipinski definition) is 5. The van der Waals surface area contributed by atoms with E-state index in [1.165, 1.54) is 12.1 Å². The molecule has 1 saturated carbocycles. The van der Waals surface area contributed by atoms with Crippen LogP contribution in [0.3, 0.4) is 0 Å². The summed E-state index contributed by atoms with van der Waals surface area (Å²) in [5.74, 6) is -1.13. The topological polar surface area (TPSA) is 96.4 Å². The van der Waals surface area contributed by atoms with Crippen molar-refractivity contribution < 1.29 is 18.3 Å². The maximum atomic E-state index is 12.3. The second-order valence-electron chi connectivity index (χ2n) is 4.98. The third-order valence-electron chi connectivity index (χ3n) is 3.57. The second-order valence-corrected chi connectivity index (χ2v) is 7.71. The van der Waals surface area contributed by atoms with Crippen LogP contribution >= 0.6 is 11.8 Å². The van der Waals surface area contributed by atoms with E-state index in [0.29, 0.717) is 0 Å². The van der Waals surface area contributed by atoms with Crippen molar-refractivity contribution in [2.24, 2.45) is 0 Å². The van der Waals surface area contributed by atoms with Gasteiger partial charge in [0.05, 0.1) is 5.56 Å². The highest BCUT2D eigenvalue weighted by molar-refractivity contribution is 7.99. The van der Waals surface area contributed by atoms with Crippen molar-refractivity contribution in [1.29, 1.82) is 0 Å². The lowest BCUT2D eigenvalue weighted by Crippen LogP contribution is -2.43. The summed E-state index contributed by atoms with van der Waals surface area (Å²) in [4.78, 5) is 14.5. The Bertz CT molecular complexity index is 601. The van der Waals surface area contributed by atoms with Crippen LogP contribution < -0.4 is 4.72 Å². The van der Waals surface area contributed by atoms with Gasteiger partial charge < -0.3 is 5.11 Å². The summed E-state index contributed by atoms with van der Waals surface area (Å²) in [6.45, 7) is 0. The van der Waals surface area contributed by atoms with E-state index in [9.17, 15) is 13.2 Å². The standard InChI is InChI=1S/C13H18N2O4S2/c1-20-11-5-3-2-4-10(11)15-21(18,19)12-7-6-9(8-14-12)13(16)17/h6-8,10-11,15H,2-5H2,1H3,(H,16,17). The Hall–Kier alpha value is -1.12. The number of aromatic nitrogens is 1. The zero-order valence-electron chi connectivity index (χ0n) is 11.7. The Morgan fingerprint density at radius 3 is 2.67 bits per heavy atom. The van der Waals surface area contributed by atoms with E-state index < -0.39 is 16.0 Å². The van der Waals surface area contributed by atoms with Crippen molar-refractivity contribution in [2.45, 2.75) is 42.0 Å². The van der Waals surface area contributed by atoms with Crippen LogP contribution in [-0.4, -0.2) is 42.0 Å². The molecule has 0 aromatic carbocycles. The van der Waals surface area contributed by atoms with Crippen LogP contribution in [0.5, 0.6) is 0 Å². The van der Waals surface area contributed by atoms with E-state index >= 15 is 0 Å². The first-order valence-electron chi connectivity index (χ1n) is 6.68. The van der Waals surface area contributed by atoms with Gasteiger partial charge in [-0.3, -0.25) is 0 Å². The molecule has 0 bridgehead atoms. The molecule has 1 fully saturated rings. The molecule has 0 spiro atoms. The molecular weight excluding hydrogens is 312 g/mol. The molecule has 2 atom stereocenters. The molecule has 6 nitrogen and oxygen atoms in total. The van der Waals surface area contributed by atoms with Gasteiger partial charge in [0.1, 0.15) is 0 Å². The van der Waals surface area contributed by atoms with Crippen LogP contribution in [0.15, 0.2) is 23.4 Å². The second kappa shape index (κ2) is 6.76. The van der Waals surface area contributed by atoms with E-state index in [-0.39, 0.29) is 21.9 Å². The highest BCUT2D eigenvalue weighted by atomic mass is 32.2. The highest BCUT2D eigenvalue weighted by Crippen LogP contribution is 2.28. The molecule has 0 aliphatic heterocycles. The van der Waals surface area contributed by atoms with Gasteiger partial charge in [0, 0.05) is 17.5 Å². The van der Waals surface area contributed by atoms with Gasteiger partial charge >= 0.3 is 5.97 Å². The molecule has 1 aromatic rings. The fourth-order valence-corrected chi connectivity index (χ4v) is 4.70. The van der Waals surface area contributed by atoms with Gasteiger partial charge in [0.25, 0.3) is 10.0 Å². The average molecular weight is 330 g/mol. The van der Waals surface area contributed by atoms with Crippen molar-refractivity contribution >= 4 is 27.8 Å². The SMILES string of the molecule is CSC1CCCCC1NS(=O)(=O)c1ccc(C(=O)O)cn1. The van der Waals surface area contributed by atoms with Gasteiger partial charge in [0.15, 0.2) is 5.03 Å². The van der Waals surface area contributed by atoms with E-state index in [1.54, 1.807) is 11.8 Å². The van der Waals surface area contributed by atoms with Crippen LogP contribution in [0, 0.1) is 0 Å². The molecule has 1 aliphatic rings. The van der Waals surface area contributed by atoms with Crippen LogP contribution in [-0.2, 0) is 10.0 Å². The number of carboxylic acids is 1. The zero-order chi connectivity index (χ0) is 15.5. The number of nitrogens with one attached hydrogen (secondary N) is 1. The molecule has 0 amide bonds. The van der Waals surface area contributed by atoms with Crippen molar-refractivity contribution in [3.63, 3.8) is 0 Å². The monoisotopic (exact) mass is 330 g/mol. The van der Waals surface area contributed by atoms with Crippen molar-refractivity contribution in [2.75, 3.05) is 6.26 Å². The first-order chi connectivity index (χ1) is 9.94. The average Bonchev–Trinajstić information content (AvgIpc) is 2.47. The normalized spacial score (nSPS) is 22.9. The van der Waals surface area contributed by atoms with E-state index in [4.69, 9.17) is 5.11 Å². The van der Waals surface area contributed by atoms with E-state index in [2.05, 4.69) is 9.71 Å². The third-order valence-corrected chi connectivity index (χ3v) is 6.15. The van der Waals surface area contributed by atoms with Gasteiger partial charge in [-0.05, 0) is 31.2 Å². The summed E-state index contributed by atoms with van der Waals surface area (Å²) in [6, 6.07) is 2.37. The van der Waals surface area contributed by atoms with Gasteiger partial charge in [-0.15, -0.1) is 0 Å². The highest BCUT2D eigenvalue weighted by Gasteiger charge is 2.29. The largest absolute Gasteiger partial charge is 0.478 e. The summed E-state index contributed by atoms with van der Waals surface area (Å²) in [7, 11) is -3.71. The molecule has 2 unspecified atom stereocenters. The predicted molar refractivity (Wildman–Crippen MR) is 81.1 cm³/mol. The Morgan fingerprint density at radius 2 is 2.10 bits per heavy atom. The Labute approximate surface area is 128 Å². The minimum Gasteiger partial charge on any atom is -0.478 e. The van der Waals surface area contributed by atoms with Crippen LogP contribution in [0.1, 0.15) is 36.0 Å². The minimum atomic E-state index is -3.71. The number of rotatable bonds is 5. The van der Waals surface area contributed by atoms with Crippen LogP contribution in [0.25, 0.3) is 0 Å². The first-order valence-corrected chi connectivity index (χ1v) is 9.45. The molecule has 1 aromatic heterocycles. The number of carboxylic acid groups (broad SMARTS) is 1. The van der Waals surface area contributed by atoms with Gasteiger partial charge in [-0.2, -0.15) is 11.8 Å². The first kappa shape index (κ1) is 16.3. The van der Waals surface area contributed by atoms with Crippen molar-refractivity contribution in [1.82, 2.24) is 9.71 Å². The molecule has 1 aliphatic carbocycles. The van der Waals surface area contributed by atoms with Gasteiger partial charge in [-0.25, -0.2) is 22.9 Å². The lowest BCUT2D eigenvalue weighted by Gasteiger charge is -2.30. The lowest BCUT2D eigenvalue weighted by molar-refractivity contribution is 0.0696. The van der Waals surface area contributed by atoms with E-state index in [1.807, 2.05) is 6.26 Å². The Balaban J connectivity index is 2.15. The lowest BCUT2D eigenvalue weighted by atomic mass is 9.96. The fourth-order valence-electron chi connectivity index (χ4n) is 2.44. The molecule has 0 saturated heterocycles. The number of pyridine rings is 1. The molecule has 0 radical (unpaired) electrons. The molecular formula is C13H18N2O4S2. The van der Waals surface area contributed by atoms with E-state index in [0.717, 1.165) is 31.9 Å². The zero-order valence-corrected chi connectivity index (χ0v) is 13.3. The minimum absolute atomic E-state index is 0.0337. The number of sulfonamides is 1. The number of thioether (sulfide) groups is 1. The van der Waals surface area contributed by atoms with Crippen molar-refractivity contribution in [3.8, 4) is 0 Å². The molecule has 116 valence electrons. The summed E-state index contributed by atoms with van der Waals surface area (Å²) in [5, 5.41) is 8.93. The van der Waals surface area contributed by atoms with Crippen LogP contribution in [0.2, 0.25) is 0 Å². The smallest absolute Gasteiger partial charge is 0.337 e. The number of aromatic carboxylic acids is 1. The summed E-state index contributed by atoms with van der Waals surface area (Å²) < 4.78 is 27.3. The quantitative estimate of drug-likeness (QED) is 0.853. The molecule has 2 rings (SSSR count). The number of hydrogen-bond donors (Lipinski definition) is 2. The summed E-state index contributed by atoms with van der Waals surface area (Å²) >= 11 is 1.67. The summed E-state index contributed by atoms with van der Waals surface area (Å²) in [6.07, 6.45) is 6.99. The molecule has 8 heteroatoms. The van der Waals surface area contributed by atoms with Crippen molar-refractivity contribution in [3.05, 3.63) is 23.9 Å². The van der Waals surface area contributed by atoms with Crippen LogP contribution in [0.4, 0.5) is 0 Å². The predicted octanol–water partition coefficient (Wildman–Crippen LogP) is 1.73. The number of carbonyl (C=O) groups is 1.